The van der Waals surface area contributed by atoms with E-state index in [4.69, 9.17) is 0 Å². The Morgan fingerprint density at radius 1 is 1.33 bits per heavy atom. The van der Waals surface area contributed by atoms with Crippen LogP contribution in [0, 0.1) is 0 Å². The van der Waals surface area contributed by atoms with E-state index in [1.54, 1.807) is 12.1 Å². The fourth-order valence-electron chi connectivity index (χ4n) is 2.64. The van der Waals surface area contributed by atoms with Crippen molar-refractivity contribution in [1.29, 1.82) is 0 Å². The molecule has 2 N–H and O–H groups in total. The smallest absolute Gasteiger partial charge is 0.388 e. The summed E-state index contributed by atoms with van der Waals surface area (Å²) in [5.74, 6) is -0.405. The number of likely N-dealkylation sites (N-methyl/N-ethyl adjacent to an activating group) is 2. The van der Waals surface area contributed by atoms with Gasteiger partial charge in [-0.2, -0.15) is 0 Å². The van der Waals surface area contributed by atoms with Crippen molar-refractivity contribution in [3.05, 3.63) is 24.3 Å². The summed E-state index contributed by atoms with van der Waals surface area (Å²) >= 11 is 0. The maximum Gasteiger partial charge on any atom is 0.388 e. The Bertz CT molecular complexity index is 801. The molecular weight excluding hydrogens is 314 g/mol. The van der Waals surface area contributed by atoms with E-state index in [0.29, 0.717) is 11.5 Å². The van der Waals surface area contributed by atoms with E-state index in [9.17, 15) is 19.5 Å². The second-order valence-electron chi connectivity index (χ2n) is 5.49. The third-order valence-electron chi connectivity index (χ3n) is 3.82. The lowest BCUT2D eigenvalue weighted by atomic mass is 10.2. The number of amides is 4. The van der Waals surface area contributed by atoms with Gasteiger partial charge in [-0.25, -0.2) is 14.3 Å². The molecule has 1 aromatic carbocycles. The van der Waals surface area contributed by atoms with E-state index in [-0.39, 0.29) is 18.2 Å². The van der Waals surface area contributed by atoms with Crippen molar-refractivity contribution in [1.82, 2.24) is 9.80 Å². The van der Waals surface area contributed by atoms with Crippen LogP contribution in [0.1, 0.15) is 0 Å². The van der Waals surface area contributed by atoms with Gasteiger partial charge in [0.15, 0.2) is 6.54 Å². The molecule has 0 aromatic heterocycles. The number of nitrogens with zero attached hydrogens (tertiary/aromatic N) is 4. The minimum absolute atomic E-state index is 0.0382. The number of hydrogen-bond donors (Lipinski definition) is 2. The number of aliphatic imine (C=N–C) groups is 1. The van der Waals surface area contributed by atoms with Gasteiger partial charge in [0.05, 0.1) is 7.05 Å². The number of phenols is 1. The summed E-state index contributed by atoms with van der Waals surface area (Å²) < 4.78 is 1.46. The highest BCUT2D eigenvalue weighted by Crippen LogP contribution is 2.17. The van der Waals surface area contributed by atoms with Crippen LogP contribution in [-0.4, -0.2) is 76.2 Å². The molecule has 1 atom stereocenters. The highest BCUT2D eigenvalue weighted by molar-refractivity contribution is 6.20. The van der Waals surface area contributed by atoms with Crippen molar-refractivity contribution >= 4 is 35.7 Å². The number of urea groups is 1. The summed E-state index contributed by atoms with van der Waals surface area (Å²) in [5.41, 5.74) is 0.446. The number of benzene rings is 1. The van der Waals surface area contributed by atoms with Gasteiger partial charge in [-0.05, 0) is 12.1 Å². The van der Waals surface area contributed by atoms with Gasteiger partial charge >= 0.3 is 6.03 Å². The number of hydrogen-bond acceptors (Lipinski definition) is 5. The van der Waals surface area contributed by atoms with Gasteiger partial charge in [-0.15, -0.1) is 4.99 Å². The SMILES string of the molecule is CN1C(=O)C2N=C[N+](CC(=O)Nc3cccc(O)c3)=C2N(C)C1=O. The number of fused-ring (bicyclic) bond motifs is 1. The van der Waals surface area contributed by atoms with E-state index >= 15 is 0 Å². The average Bonchev–Trinajstić information content (AvgIpc) is 2.94. The molecule has 0 spiro atoms. The van der Waals surface area contributed by atoms with E-state index < -0.39 is 18.0 Å². The quantitative estimate of drug-likeness (QED) is 0.741. The van der Waals surface area contributed by atoms with E-state index in [1.807, 2.05) is 0 Å². The number of rotatable bonds is 3. The van der Waals surface area contributed by atoms with Crippen molar-refractivity contribution in [2.75, 3.05) is 26.0 Å². The molecule has 2 aliphatic heterocycles. The van der Waals surface area contributed by atoms with Crippen LogP contribution >= 0.6 is 0 Å². The third-order valence-corrected chi connectivity index (χ3v) is 3.82. The fourth-order valence-corrected chi connectivity index (χ4v) is 2.64. The molecule has 24 heavy (non-hydrogen) atoms. The van der Waals surface area contributed by atoms with Crippen molar-refractivity contribution in [2.45, 2.75) is 6.04 Å². The predicted molar refractivity (Wildman–Crippen MR) is 85.1 cm³/mol. The zero-order valence-corrected chi connectivity index (χ0v) is 13.1. The lowest BCUT2D eigenvalue weighted by Gasteiger charge is -2.27. The molecule has 9 nitrogen and oxygen atoms in total. The number of phenolic OH excluding ortho intramolecular Hbond substituents is 1. The Morgan fingerprint density at radius 2 is 2.08 bits per heavy atom. The summed E-state index contributed by atoms with van der Waals surface area (Å²) in [4.78, 5) is 42.7. The molecule has 1 aromatic rings. The summed E-state index contributed by atoms with van der Waals surface area (Å²) in [5, 5.41) is 12.0. The number of aromatic hydroxyl groups is 1. The van der Waals surface area contributed by atoms with Crippen molar-refractivity contribution in [3.8, 4) is 5.75 Å². The predicted octanol–water partition coefficient (Wildman–Crippen LogP) is -0.324. The Morgan fingerprint density at radius 3 is 2.79 bits per heavy atom. The molecule has 0 bridgehead atoms. The van der Waals surface area contributed by atoms with Crippen LogP contribution in [0.15, 0.2) is 29.3 Å². The second kappa shape index (κ2) is 5.76. The maximum absolute atomic E-state index is 12.2. The summed E-state index contributed by atoms with van der Waals surface area (Å²) in [6, 6.07) is 4.87. The first-order valence-electron chi connectivity index (χ1n) is 7.19. The van der Waals surface area contributed by atoms with Crippen molar-refractivity contribution < 1.29 is 24.1 Å². The number of imide groups is 1. The molecule has 1 saturated heterocycles. The fraction of sp³-hybridized carbons (Fsp3) is 0.267. The number of anilines is 1. The topological polar surface area (TPSA) is 105 Å². The molecule has 124 valence electrons. The van der Waals surface area contributed by atoms with Crippen LogP contribution in [0.3, 0.4) is 0 Å². The number of nitrogens with one attached hydrogen (secondary N) is 1. The van der Waals surface area contributed by atoms with Gasteiger partial charge in [-0.1, -0.05) is 6.07 Å². The Balaban J connectivity index is 1.79. The lowest BCUT2D eigenvalue weighted by molar-refractivity contribution is -0.387. The third kappa shape index (κ3) is 2.60. The van der Waals surface area contributed by atoms with Crippen LogP contribution < -0.4 is 5.32 Å². The molecule has 4 amide bonds. The molecule has 2 aliphatic rings. The second-order valence-corrected chi connectivity index (χ2v) is 5.49. The first-order valence-corrected chi connectivity index (χ1v) is 7.19. The zero-order chi connectivity index (χ0) is 17.4. The molecule has 1 fully saturated rings. The highest BCUT2D eigenvalue weighted by Gasteiger charge is 2.50. The van der Waals surface area contributed by atoms with Gasteiger partial charge in [0.1, 0.15) is 5.75 Å². The average molecular weight is 330 g/mol. The highest BCUT2D eigenvalue weighted by atomic mass is 16.3. The zero-order valence-electron chi connectivity index (χ0n) is 13.1. The number of amidine groups is 1. The molecule has 0 saturated carbocycles. The van der Waals surface area contributed by atoms with Crippen LogP contribution in [0.2, 0.25) is 0 Å². The standard InChI is InChI=1S/C15H15N5O4/c1-18-13-12(14(23)19(2)15(18)24)16-8-20(13)7-11(22)17-9-4-3-5-10(21)6-9/h3-6,8,12H,7H2,1-2H3,(H-,17,21,22)/p+1. The Hall–Kier alpha value is -3.23. The molecule has 9 heteroatoms. The summed E-state index contributed by atoms with van der Waals surface area (Å²) in [6.07, 6.45) is 1.38. The van der Waals surface area contributed by atoms with Crippen LogP contribution in [0.25, 0.3) is 0 Å². The van der Waals surface area contributed by atoms with Gasteiger partial charge < -0.3 is 10.4 Å². The minimum atomic E-state index is -0.814. The first-order chi connectivity index (χ1) is 11.4. The number of carbonyl (C=O) groups excluding carboxylic acids is 3. The minimum Gasteiger partial charge on any atom is -0.508 e. The van der Waals surface area contributed by atoms with Gasteiger partial charge in [0.25, 0.3) is 23.7 Å². The Labute approximate surface area is 137 Å². The molecule has 3 rings (SSSR count). The monoisotopic (exact) mass is 330 g/mol. The number of carbonyl (C=O) groups is 3. The summed E-state index contributed by atoms with van der Waals surface area (Å²) in [6.45, 7) is -0.112. The normalized spacial score (nSPS) is 19.8. The summed E-state index contributed by atoms with van der Waals surface area (Å²) in [7, 11) is 2.92. The van der Waals surface area contributed by atoms with Gasteiger partial charge in [0, 0.05) is 18.8 Å². The first kappa shape index (κ1) is 15.7. The van der Waals surface area contributed by atoms with Crippen LogP contribution in [0.5, 0.6) is 5.75 Å². The molecule has 0 radical (unpaired) electrons. The van der Waals surface area contributed by atoms with E-state index in [2.05, 4.69) is 10.3 Å². The largest absolute Gasteiger partial charge is 0.508 e. The lowest BCUT2D eigenvalue weighted by Crippen LogP contribution is -2.60. The van der Waals surface area contributed by atoms with Crippen molar-refractivity contribution in [2.24, 2.45) is 4.99 Å². The van der Waals surface area contributed by atoms with Gasteiger partial charge in [-0.3, -0.25) is 14.5 Å². The van der Waals surface area contributed by atoms with Crippen LogP contribution in [0.4, 0.5) is 10.5 Å². The molecule has 0 aliphatic carbocycles. The van der Waals surface area contributed by atoms with E-state index in [1.165, 1.54) is 42.0 Å². The molecule has 1 unspecified atom stereocenters. The van der Waals surface area contributed by atoms with Crippen molar-refractivity contribution in [3.63, 3.8) is 0 Å². The Kier molecular flexibility index (Phi) is 3.76. The molecule has 2 heterocycles. The maximum atomic E-state index is 12.2. The van der Waals surface area contributed by atoms with Gasteiger partial charge in [0.2, 0.25) is 6.34 Å². The van der Waals surface area contributed by atoms with Crippen LogP contribution in [-0.2, 0) is 9.59 Å². The molecular formula is C15H16N5O4+. The van der Waals surface area contributed by atoms with E-state index in [0.717, 1.165) is 4.90 Å².